The monoisotopic (exact) mass is 261 g/mol. The molecule has 3 nitrogen and oxygen atoms in total. The van der Waals surface area contributed by atoms with Gasteiger partial charge in [0.2, 0.25) is 10.0 Å². The van der Waals surface area contributed by atoms with Crippen molar-refractivity contribution in [3.63, 3.8) is 0 Å². The summed E-state index contributed by atoms with van der Waals surface area (Å²) in [4.78, 5) is 1.25. The van der Waals surface area contributed by atoms with Gasteiger partial charge < -0.3 is 0 Å². The molecule has 0 spiro atoms. The van der Waals surface area contributed by atoms with Crippen LogP contribution in [0.4, 0.5) is 0 Å². The summed E-state index contributed by atoms with van der Waals surface area (Å²) in [5.41, 5.74) is 0. The van der Waals surface area contributed by atoms with E-state index in [1.165, 1.54) is 10.8 Å². The summed E-state index contributed by atoms with van der Waals surface area (Å²) in [5.74, 6) is 0. The predicted molar refractivity (Wildman–Crippen MR) is 64.6 cm³/mol. The highest BCUT2D eigenvalue weighted by Crippen LogP contribution is 2.25. The molecule has 1 aliphatic rings. The first-order valence-corrected chi connectivity index (χ1v) is 7.91. The summed E-state index contributed by atoms with van der Waals surface area (Å²) in [6.45, 7) is 0. The van der Waals surface area contributed by atoms with Crippen molar-refractivity contribution in [2.24, 2.45) is 0 Å². The van der Waals surface area contributed by atoms with Gasteiger partial charge in [-0.15, -0.1) is 11.7 Å². The Bertz CT molecular complexity index is 437. The molecule has 1 aromatic carbocycles. The van der Waals surface area contributed by atoms with Gasteiger partial charge in [0.25, 0.3) is 0 Å². The average Bonchev–Trinajstić information content (AvgIpc) is 3.01. The lowest BCUT2D eigenvalue weighted by Crippen LogP contribution is -2.25. The molecule has 2 rings (SSSR count). The molecule has 0 saturated heterocycles. The molecule has 15 heavy (non-hydrogen) atoms. The molecule has 0 aliphatic heterocycles. The topological polar surface area (TPSA) is 46.2 Å². The van der Waals surface area contributed by atoms with Crippen molar-refractivity contribution in [3.8, 4) is 0 Å². The van der Waals surface area contributed by atoms with E-state index in [9.17, 15) is 8.42 Å². The molecule has 1 aliphatic carbocycles. The molecule has 82 valence electrons. The van der Waals surface area contributed by atoms with Crippen LogP contribution in [0.25, 0.3) is 0 Å². The van der Waals surface area contributed by atoms with E-state index in [0.29, 0.717) is 4.90 Å². The molecule has 0 bridgehead atoms. The summed E-state index contributed by atoms with van der Waals surface area (Å²) >= 11 is 4.03. The van der Waals surface area contributed by atoms with Gasteiger partial charge in [0, 0.05) is 10.9 Å². The molecule has 1 aromatic rings. The number of rotatable bonds is 4. The largest absolute Gasteiger partial charge is 0.240 e. The fourth-order valence-electron chi connectivity index (χ4n) is 1.17. The molecule has 0 unspecified atom stereocenters. The van der Waals surface area contributed by atoms with Crippen molar-refractivity contribution < 1.29 is 8.42 Å². The van der Waals surface area contributed by atoms with Crippen LogP contribution in [0.5, 0.6) is 0 Å². The van der Waals surface area contributed by atoms with E-state index in [2.05, 4.69) is 16.4 Å². The van der Waals surface area contributed by atoms with Crippen LogP contribution in [0, 0.1) is 0 Å². The number of nitrogens with one attached hydrogen (secondary N) is 1. The van der Waals surface area contributed by atoms with Gasteiger partial charge in [0.1, 0.15) is 0 Å². The summed E-state index contributed by atoms with van der Waals surface area (Å²) in [6, 6.07) is 6.85. The van der Waals surface area contributed by atoms with Crippen molar-refractivity contribution in [1.29, 1.82) is 0 Å². The molecule has 1 saturated carbocycles. The zero-order chi connectivity index (χ0) is 10.9. The van der Waals surface area contributed by atoms with Crippen molar-refractivity contribution >= 4 is 32.5 Å². The lowest BCUT2D eigenvalue weighted by molar-refractivity contribution is 0.581. The van der Waals surface area contributed by atoms with Crippen LogP contribution < -0.4 is 4.72 Å². The molecule has 0 atom stereocenters. The first-order chi connectivity index (χ1) is 7.12. The molecule has 0 aromatic heterocycles. The summed E-state index contributed by atoms with van der Waals surface area (Å²) in [5, 5.41) is 0. The third-order valence-electron chi connectivity index (χ3n) is 2.14. The van der Waals surface area contributed by atoms with E-state index in [1.54, 1.807) is 24.3 Å². The Hall–Kier alpha value is -0.170. The van der Waals surface area contributed by atoms with Crippen LogP contribution in [0.3, 0.4) is 0 Å². The highest BCUT2D eigenvalue weighted by atomic mass is 33.1. The Balaban J connectivity index is 2.19. The van der Waals surface area contributed by atoms with Gasteiger partial charge in [-0.1, -0.05) is 10.8 Å². The van der Waals surface area contributed by atoms with Gasteiger partial charge in [-0.2, -0.15) is 0 Å². The second-order valence-corrected chi connectivity index (χ2v) is 6.37. The number of hydrogen-bond donors (Lipinski definition) is 2. The summed E-state index contributed by atoms with van der Waals surface area (Å²) in [7, 11) is -2.01. The highest BCUT2D eigenvalue weighted by Gasteiger charge is 2.27. The van der Waals surface area contributed by atoms with Crippen molar-refractivity contribution in [2.45, 2.75) is 28.7 Å². The minimum absolute atomic E-state index is 0.147. The fraction of sp³-hybridized carbons (Fsp3) is 0.333. The summed E-state index contributed by atoms with van der Waals surface area (Å²) < 4.78 is 26.1. The zero-order valence-corrected chi connectivity index (χ0v) is 10.4. The quantitative estimate of drug-likeness (QED) is 0.644. The predicted octanol–water partition coefficient (Wildman–Crippen LogP) is 2.06. The fourth-order valence-corrected chi connectivity index (χ4v) is 3.10. The first-order valence-electron chi connectivity index (χ1n) is 4.55. The van der Waals surface area contributed by atoms with E-state index >= 15 is 0 Å². The van der Waals surface area contributed by atoms with Gasteiger partial charge in [0.05, 0.1) is 4.90 Å². The third kappa shape index (κ3) is 2.90. The second-order valence-electron chi connectivity index (χ2n) is 3.46. The van der Waals surface area contributed by atoms with E-state index in [4.69, 9.17) is 0 Å². The maximum Gasteiger partial charge on any atom is 0.240 e. The van der Waals surface area contributed by atoms with Gasteiger partial charge in [0.15, 0.2) is 0 Å². The lowest BCUT2D eigenvalue weighted by Gasteiger charge is -2.05. The number of thiol groups is 1. The van der Waals surface area contributed by atoms with Crippen LogP contribution in [0.1, 0.15) is 12.8 Å². The number of sulfonamides is 1. The zero-order valence-electron chi connectivity index (χ0n) is 7.88. The number of hydrogen-bond acceptors (Lipinski definition) is 4. The minimum atomic E-state index is -3.31. The van der Waals surface area contributed by atoms with Gasteiger partial charge in [-0.05, 0) is 37.1 Å². The third-order valence-corrected chi connectivity index (χ3v) is 4.79. The molecule has 1 N–H and O–H groups in total. The van der Waals surface area contributed by atoms with Gasteiger partial charge >= 0.3 is 0 Å². The van der Waals surface area contributed by atoms with Crippen molar-refractivity contribution in [3.05, 3.63) is 24.3 Å². The van der Waals surface area contributed by atoms with Gasteiger partial charge in [-0.25, -0.2) is 13.1 Å². The Morgan fingerprint density at radius 1 is 1.27 bits per heavy atom. The lowest BCUT2D eigenvalue weighted by atomic mass is 10.4. The van der Waals surface area contributed by atoms with E-state index in [0.717, 1.165) is 17.7 Å². The van der Waals surface area contributed by atoms with Gasteiger partial charge in [-0.3, -0.25) is 0 Å². The van der Waals surface area contributed by atoms with Crippen LogP contribution in [0.2, 0.25) is 0 Å². The molecule has 0 radical (unpaired) electrons. The first kappa shape index (κ1) is 11.3. The van der Waals surface area contributed by atoms with Crippen LogP contribution >= 0.6 is 22.5 Å². The van der Waals surface area contributed by atoms with E-state index in [-0.39, 0.29) is 6.04 Å². The molecular formula is C9H11NO2S3. The van der Waals surface area contributed by atoms with Crippen molar-refractivity contribution in [2.75, 3.05) is 0 Å². The average molecular weight is 261 g/mol. The standard InChI is InChI=1S/C9H11NO2S3/c11-15(12,10-7-1-2-7)9-5-3-8(14-13)4-6-9/h3-7,10,13H,1-2H2. The Morgan fingerprint density at radius 3 is 2.33 bits per heavy atom. The minimum Gasteiger partial charge on any atom is -0.208 e. The van der Waals surface area contributed by atoms with E-state index in [1.807, 2.05) is 0 Å². The maximum absolute atomic E-state index is 11.7. The normalized spacial score (nSPS) is 16.6. The second kappa shape index (κ2) is 4.37. The molecule has 1 fully saturated rings. The van der Waals surface area contributed by atoms with Crippen molar-refractivity contribution in [1.82, 2.24) is 4.72 Å². The number of benzene rings is 1. The maximum atomic E-state index is 11.7. The smallest absolute Gasteiger partial charge is 0.208 e. The summed E-state index contributed by atoms with van der Waals surface area (Å²) in [6.07, 6.45) is 1.90. The molecule has 0 amide bonds. The SMILES string of the molecule is O=S(=O)(NC1CC1)c1ccc(SS)cc1. The van der Waals surface area contributed by atoms with Crippen LogP contribution in [0.15, 0.2) is 34.1 Å². The van der Waals surface area contributed by atoms with Crippen LogP contribution in [-0.2, 0) is 10.0 Å². The highest BCUT2D eigenvalue weighted by molar-refractivity contribution is 8.68. The Labute approximate surface area is 98.5 Å². The Kier molecular flexibility index (Phi) is 3.30. The molecule has 6 heteroatoms. The van der Waals surface area contributed by atoms with Crippen LogP contribution in [-0.4, -0.2) is 14.5 Å². The van der Waals surface area contributed by atoms with E-state index < -0.39 is 10.0 Å². The Morgan fingerprint density at radius 2 is 1.87 bits per heavy atom. The molecule has 0 heterocycles. The molecular weight excluding hydrogens is 250 g/mol.